The molecule has 20 heavy (non-hydrogen) atoms. The van der Waals surface area contributed by atoms with Crippen LogP contribution in [0.2, 0.25) is 5.15 Å². The smallest absolute Gasteiger partial charge is 0.131 e. The molecule has 1 N–H and O–H groups in total. The van der Waals surface area contributed by atoms with Gasteiger partial charge in [0, 0.05) is 44.3 Å². The van der Waals surface area contributed by atoms with Crippen molar-refractivity contribution in [3.63, 3.8) is 0 Å². The van der Waals surface area contributed by atoms with E-state index in [-0.39, 0.29) is 5.41 Å². The van der Waals surface area contributed by atoms with Gasteiger partial charge in [-0.1, -0.05) is 32.4 Å². The summed E-state index contributed by atoms with van der Waals surface area (Å²) in [5.41, 5.74) is 2.45. The molecule has 114 valence electrons. The van der Waals surface area contributed by atoms with Crippen LogP contribution in [0.4, 0.5) is 0 Å². The van der Waals surface area contributed by atoms with Gasteiger partial charge in [-0.25, -0.2) is 0 Å². The highest BCUT2D eigenvalue weighted by Gasteiger charge is 2.35. The van der Waals surface area contributed by atoms with E-state index in [1.165, 1.54) is 0 Å². The maximum absolute atomic E-state index is 6.39. The van der Waals surface area contributed by atoms with Gasteiger partial charge in [0.15, 0.2) is 0 Å². The van der Waals surface area contributed by atoms with Crippen LogP contribution in [0.3, 0.4) is 0 Å². The van der Waals surface area contributed by atoms with E-state index < -0.39 is 0 Å². The number of halogens is 1. The molecule has 1 fully saturated rings. The van der Waals surface area contributed by atoms with Crippen LogP contribution in [0.15, 0.2) is 0 Å². The standard InChI is InChI=1S/C15H27ClN4/c1-10-8-20(13(7-17-10)15(3,4)5)9-12-11(2)18-19(6)14(12)16/h10,13,17H,7-9H2,1-6H3. The number of hydrogen-bond acceptors (Lipinski definition) is 3. The van der Waals surface area contributed by atoms with Crippen molar-refractivity contribution in [2.24, 2.45) is 12.5 Å². The number of aryl methyl sites for hydroxylation is 2. The van der Waals surface area contributed by atoms with E-state index in [4.69, 9.17) is 11.6 Å². The van der Waals surface area contributed by atoms with Crippen molar-refractivity contribution in [3.05, 3.63) is 16.4 Å². The summed E-state index contributed by atoms with van der Waals surface area (Å²) in [6.07, 6.45) is 0. The fourth-order valence-corrected chi connectivity index (χ4v) is 3.31. The highest BCUT2D eigenvalue weighted by molar-refractivity contribution is 6.30. The van der Waals surface area contributed by atoms with Crippen molar-refractivity contribution in [2.45, 2.75) is 53.2 Å². The summed E-state index contributed by atoms with van der Waals surface area (Å²) >= 11 is 6.39. The summed E-state index contributed by atoms with van der Waals surface area (Å²) in [6, 6.07) is 1.03. The zero-order chi connectivity index (χ0) is 15.1. The number of rotatable bonds is 2. The first-order chi connectivity index (χ1) is 9.20. The van der Waals surface area contributed by atoms with Crippen molar-refractivity contribution in [1.29, 1.82) is 0 Å². The van der Waals surface area contributed by atoms with Gasteiger partial charge >= 0.3 is 0 Å². The van der Waals surface area contributed by atoms with Gasteiger partial charge in [0.25, 0.3) is 0 Å². The lowest BCUT2D eigenvalue weighted by Gasteiger charge is -2.45. The Balaban J connectivity index is 2.23. The Kier molecular flexibility index (Phi) is 4.47. The van der Waals surface area contributed by atoms with Gasteiger partial charge in [-0.3, -0.25) is 9.58 Å². The zero-order valence-corrected chi connectivity index (χ0v) is 14.3. The molecular weight excluding hydrogens is 272 g/mol. The first-order valence-electron chi connectivity index (χ1n) is 7.35. The fraction of sp³-hybridized carbons (Fsp3) is 0.800. The van der Waals surface area contributed by atoms with Gasteiger partial charge in [-0.2, -0.15) is 5.10 Å². The second-order valence-corrected chi connectivity index (χ2v) is 7.46. The van der Waals surface area contributed by atoms with Crippen LogP contribution in [0, 0.1) is 12.3 Å². The summed E-state index contributed by atoms with van der Waals surface area (Å²) in [7, 11) is 1.90. The molecule has 1 aliphatic rings. The highest BCUT2D eigenvalue weighted by atomic mass is 35.5. The van der Waals surface area contributed by atoms with Crippen molar-refractivity contribution in [1.82, 2.24) is 20.0 Å². The molecule has 0 aliphatic carbocycles. The van der Waals surface area contributed by atoms with Gasteiger partial charge < -0.3 is 5.32 Å². The van der Waals surface area contributed by atoms with Crippen LogP contribution in [0.25, 0.3) is 0 Å². The predicted molar refractivity (Wildman–Crippen MR) is 84.1 cm³/mol. The molecule has 0 spiro atoms. The lowest BCUT2D eigenvalue weighted by molar-refractivity contribution is 0.0525. The number of hydrogen-bond donors (Lipinski definition) is 1. The molecule has 5 heteroatoms. The second kappa shape index (κ2) is 5.66. The third kappa shape index (κ3) is 3.18. The van der Waals surface area contributed by atoms with Gasteiger partial charge in [0.2, 0.25) is 0 Å². The molecule has 4 nitrogen and oxygen atoms in total. The van der Waals surface area contributed by atoms with Crippen LogP contribution in [0.1, 0.15) is 39.0 Å². The Bertz CT molecular complexity index is 475. The monoisotopic (exact) mass is 298 g/mol. The second-order valence-electron chi connectivity index (χ2n) is 7.10. The quantitative estimate of drug-likeness (QED) is 0.911. The van der Waals surface area contributed by atoms with E-state index in [9.17, 15) is 0 Å². The minimum Gasteiger partial charge on any atom is -0.311 e. The van der Waals surface area contributed by atoms with E-state index in [1.807, 2.05) is 14.0 Å². The Morgan fingerprint density at radius 2 is 2.05 bits per heavy atom. The van der Waals surface area contributed by atoms with Crippen molar-refractivity contribution < 1.29 is 0 Å². The van der Waals surface area contributed by atoms with E-state index in [0.717, 1.165) is 36.0 Å². The lowest BCUT2D eigenvalue weighted by Crippen LogP contribution is -2.59. The summed E-state index contributed by atoms with van der Waals surface area (Å²) in [4.78, 5) is 2.55. The summed E-state index contributed by atoms with van der Waals surface area (Å²) in [5, 5.41) is 8.78. The van der Waals surface area contributed by atoms with Gasteiger partial charge in [-0.05, 0) is 19.3 Å². The van der Waals surface area contributed by atoms with Crippen molar-refractivity contribution in [2.75, 3.05) is 13.1 Å². The number of nitrogens with one attached hydrogen (secondary N) is 1. The number of piperazine rings is 1. The first kappa shape index (κ1) is 15.8. The minimum atomic E-state index is 0.246. The first-order valence-corrected chi connectivity index (χ1v) is 7.73. The summed E-state index contributed by atoms with van der Waals surface area (Å²) in [5.74, 6) is 0. The lowest BCUT2D eigenvalue weighted by atomic mass is 9.83. The minimum absolute atomic E-state index is 0.246. The van der Waals surface area contributed by atoms with E-state index in [0.29, 0.717) is 12.1 Å². The number of nitrogens with zero attached hydrogens (tertiary/aromatic N) is 3. The molecular formula is C15H27ClN4. The average Bonchev–Trinajstić information content (AvgIpc) is 2.54. The zero-order valence-electron chi connectivity index (χ0n) is 13.5. The van der Waals surface area contributed by atoms with E-state index in [1.54, 1.807) is 4.68 Å². The average molecular weight is 299 g/mol. The molecule has 2 heterocycles. The molecule has 1 aromatic rings. The van der Waals surface area contributed by atoms with Crippen LogP contribution >= 0.6 is 11.6 Å². The highest BCUT2D eigenvalue weighted by Crippen LogP contribution is 2.29. The SMILES string of the molecule is Cc1nn(C)c(Cl)c1CN1CC(C)NCC1C(C)(C)C. The van der Waals surface area contributed by atoms with Crippen molar-refractivity contribution >= 4 is 11.6 Å². The summed E-state index contributed by atoms with van der Waals surface area (Å²) < 4.78 is 1.77. The molecule has 1 aliphatic heterocycles. The van der Waals surface area contributed by atoms with Crippen LogP contribution in [-0.4, -0.2) is 39.9 Å². The molecule has 0 aromatic carbocycles. The largest absolute Gasteiger partial charge is 0.311 e. The third-order valence-electron chi connectivity index (χ3n) is 4.24. The van der Waals surface area contributed by atoms with Crippen LogP contribution < -0.4 is 5.32 Å². The Morgan fingerprint density at radius 1 is 1.40 bits per heavy atom. The topological polar surface area (TPSA) is 33.1 Å². The van der Waals surface area contributed by atoms with Crippen LogP contribution in [-0.2, 0) is 13.6 Å². The van der Waals surface area contributed by atoms with Gasteiger partial charge in [0.05, 0.1) is 5.69 Å². The molecule has 2 atom stereocenters. The molecule has 2 rings (SSSR count). The van der Waals surface area contributed by atoms with Gasteiger partial charge in [0.1, 0.15) is 5.15 Å². The third-order valence-corrected chi connectivity index (χ3v) is 4.71. The van der Waals surface area contributed by atoms with Crippen molar-refractivity contribution in [3.8, 4) is 0 Å². The van der Waals surface area contributed by atoms with E-state index >= 15 is 0 Å². The molecule has 1 aromatic heterocycles. The Morgan fingerprint density at radius 3 is 2.55 bits per heavy atom. The number of aromatic nitrogens is 2. The van der Waals surface area contributed by atoms with Gasteiger partial charge in [-0.15, -0.1) is 0 Å². The van der Waals surface area contributed by atoms with Crippen LogP contribution in [0.5, 0.6) is 0 Å². The fourth-order valence-electron chi connectivity index (χ4n) is 3.07. The molecule has 2 unspecified atom stereocenters. The normalized spacial score (nSPS) is 25.1. The Hall–Kier alpha value is -0.580. The maximum atomic E-state index is 6.39. The molecule has 1 saturated heterocycles. The van der Waals surface area contributed by atoms with E-state index in [2.05, 4.69) is 43.0 Å². The molecule has 0 amide bonds. The molecule has 0 bridgehead atoms. The Labute approximate surface area is 127 Å². The molecule has 0 saturated carbocycles. The maximum Gasteiger partial charge on any atom is 0.131 e. The summed E-state index contributed by atoms with van der Waals surface area (Å²) in [6.45, 7) is 14.2. The predicted octanol–water partition coefficient (Wildman–Crippen LogP) is 2.59. The molecule has 0 radical (unpaired) electrons.